The zero-order chi connectivity index (χ0) is 14.9. The second-order valence-corrected chi connectivity index (χ2v) is 7.41. The quantitative estimate of drug-likeness (QED) is 0.807. The molecule has 1 aromatic carbocycles. The van der Waals surface area contributed by atoms with Crippen molar-refractivity contribution in [2.75, 3.05) is 6.61 Å². The van der Waals surface area contributed by atoms with Crippen molar-refractivity contribution in [3.8, 4) is 5.75 Å². The van der Waals surface area contributed by atoms with Crippen molar-refractivity contribution in [2.24, 2.45) is 5.41 Å². The number of para-hydroxylation sites is 1. The number of hydrogen-bond donors (Lipinski definition) is 1. The number of carbonyl (C=O) groups excluding carboxylic acids is 1. The van der Waals surface area contributed by atoms with Gasteiger partial charge in [0.1, 0.15) is 5.75 Å². The molecular weight excluding hydrogens is 342 g/mol. The third kappa shape index (κ3) is 3.29. The lowest BCUT2D eigenvalue weighted by atomic mass is 9.91. The van der Waals surface area contributed by atoms with E-state index in [0.29, 0.717) is 17.4 Å². The molecule has 0 aliphatic carbocycles. The van der Waals surface area contributed by atoms with E-state index >= 15 is 0 Å². The normalized spacial score (nSPS) is 19.8. The lowest BCUT2D eigenvalue weighted by Crippen LogP contribution is -2.41. The SMILES string of the molecule is CC(C)(C)[C@@H](Br)C(=O)N[C@@H]1CCOc2c(Cl)cccc21. The number of carbonyl (C=O) groups is 1. The summed E-state index contributed by atoms with van der Waals surface area (Å²) in [5.74, 6) is 0.683. The van der Waals surface area contributed by atoms with Crippen molar-refractivity contribution in [2.45, 2.75) is 38.1 Å². The van der Waals surface area contributed by atoms with E-state index in [1.54, 1.807) is 6.07 Å². The van der Waals surface area contributed by atoms with Crippen molar-refractivity contribution in [1.82, 2.24) is 5.32 Å². The van der Waals surface area contributed by atoms with E-state index in [4.69, 9.17) is 16.3 Å². The number of rotatable bonds is 2. The van der Waals surface area contributed by atoms with Crippen LogP contribution in [-0.4, -0.2) is 17.3 Å². The molecule has 20 heavy (non-hydrogen) atoms. The van der Waals surface area contributed by atoms with Crippen molar-refractivity contribution in [3.05, 3.63) is 28.8 Å². The van der Waals surface area contributed by atoms with Gasteiger partial charge in [-0.05, 0) is 11.5 Å². The molecule has 0 spiro atoms. The van der Waals surface area contributed by atoms with E-state index in [1.807, 2.05) is 32.9 Å². The number of amides is 1. The summed E-state index contributed by atoms with van der Waals surface area (Å²) in [6.07, 6.45) is 0.753. The average molecular weight is 361 g/mol. The molecule has 5 heteroatoms. The first kappa shape index (κ1) is 15.6. The predicted octanol–water partition coefficient (Wildman–Crippen LogP) is 4.09. The first-order valence-electron chi connectivity index (χ1n) is 6.66. The molecule has 110 valence electrons. The number of halogens is 2. The molecule has 1 amide bonds. The zero-order valence-electron chi connectivity index (χ0n) is 11.9. The van der Waals surface area contributed by atoms with E-state index < -0.39 is 0 Å². The summed E-state index contributed by atoms with van der Waals surface area (Å²) in [5, 5.41) is 3.67. The van der Waals surface area contributed by atoms with E-state index in [9.17, 15) is 4.79 Å². The Bertz CT molecular complexity index is 513. The summed E-state index contributed by atoms with van der Waals surface area (Å²) in [7, 11) is 0. The average Bonchev–Trinajstić information content (AvgIpc) is 2.38. The molecule has 0 saturated heterocycles. The van der Waals surface area contributed by atoms with Crippen molar-refractivity contribution < 1.29 is 9.53 Å². The smallest absolute Gasteiger partial charge is 0.234 e. The summed E-state index contributed by atoms with van der Waals surface area (Å²) in [4.78, 5) is 12.1. The molecule has 0 saturated carbocycles. The first-order valence-corrected chi connectivity index (χ1v) is 7.95. The van der Waals surface area contributed by atoms with Crippen molar-refractivity contribution in [3.63, 3.8) is 0 Å². The maximum Gasteiger partial charge on any atom is 0.234 e. The highest BCUT2D eigenvalue weighted by Crippen LogP contribution is 2.38. The van der Waals surface area contributed by atoms with E-state index in [-0.39, 0.29) is 22.2 Å². The van der Waals surface area contributed by atoms with Crippen LogP contribution in [0.3, 0.4) is 0 Å². The topological polar surface area (TPSA) is 38.3 Å². The Hall–Kier alpha value is -0.740. The van der Waals surface area contributed by atoms with E-state index in [1.165, 1.54) is 0 Å². The van der Waals surface area contributed by atoms with Crippen LogP contribution in [0.15, 0.2) is 18.2 Å². The maximum absolute atomic E-state index is 12.3. The summed E-state index contributed by atoms with van der Waals surface area (Å²) < 4.78 is 5.60. The number of nitrogens with one attached hydrogen (secondary N) is 1. The first-order chi connectivity index (χ1) is 9.30. The van der Waals surface area contributed by atoms with Gasteiger partial charge < -0.3 is 10.1 Å². The third-order valence-corrected chi connectivity index (χ3v) is 5.42. The number of ether oxygens (including phenoxy) is 1. The molecule has 0 radical (unpaired) electrons. The van der Waals surface area contributed by atoms with Crippen LogP contribution in [0.2, 0.25) is 5.02 Å². The highest BCUT2D eigenvalue weighted by molar-refractivity contribution is 9.10. The second kappa shape index (κ2) is 5.94. The summed E-state index contributed by atoms with van der Waals surface area (Å²) in [5.41, 5.74) is 0.817. The Balaban J connectivity index is 2.17. The van der Waals surface area contributed by atoms with Crippen LogP contribution in [0.4, 0.5) is 0 Å². The van der Waals surface area contributed by atoms with Gasteiger partial charge in [0.2, 0.25) is 5.91 Å². The van der Waals surface area contributed by atoms with Gasteiger partial charge in [-0.25, -0.2) is 0 Å². The molecule has 0 bridgehead atoms. The Morgan fingerprint density at radius 3 is 2.85 bits per heavy atom. The minimum absolute atomic E-state index is 0.00433. The van der Waals surface area contributed by atoms with Crippen LogP contribution in [-0.2, 0) is 4.79 Å². The molecule has 3 nitrogen and oxygen atoms in total. The van der Waals surface area contributed by atoms with Gasteiger partial charge in [-0.15, -0.1) is 0 Å². The molecule has 1 heterocycles. The van der Waals surface area contributed by atoms with Crippen molar-refractivity contribution >= 4 is 33.4 Å². The number of alkyl halides is 1. The maximum atomic E-state index is 12.3. The lowest BCUT2D eigenvalue weighted by Gasteiger charge is -2.30. The Labute approximate surface area is 133 Å². The molecule has 1 aromatic rings. The highest BCUT2D eigenvalue weighted by Gasteiger charge is 2.32. The fourth-order valence-electron chi connectivity index (χ4n) is 2.17. The fraction of sp³-hybridized carbons (Fsp3) is 0.533. The van der Waals surface area contributed by atoms with Crippen LogP contribution in [0.25, 0.3) is 0 Å². The summed E-state index contributed by atoms with van der Waals surface area (Å²) in [6.45, 7) is 6.65. The van der Waals surface area contributed by atoms with Crippen LogP contribution in [0.5, 0.6) is 5.75 Å². The van der Waals surface area contributed by atoms with Crippen LogP contribution in [0, 0.1) is 5.41 Å². The van der Waals surface area contributed by atoms with Gasteiger partial charge >= 0.3 is 0 Å². The molecular formula is C15H19BrClNO2. The summed E-state index contributed by atoms with van der Waals surface area (Å²) >= 11 is 9.61. The standard InChI is InChI=1S/C15H19BrClNO2/c1-15(2,3)13(16)14(19)18-11-7-8-20-12-9(11)5-4-6-10(12)17/h4-6,11,13H,7-8H2,1-3H3,(H,18,19)/t11-,13+/m1/s1. The predicted molar refractivity (Wildman–Crippen MR) is 84.6 cm³/mol. The van der Waals surface area contributed by atoms with Gasteiger partial charge in [-0.1, -0.05) is 60.4 Å². The monoisotopic (exact) mass is 359 g/mol. The molecule has 0 unspecified atom stereocenters. The largest absolute Gasteiger partial charge is 0.492 e. The van der Waals surface area contributed by atoms with Gasteiger partial charge in [0, 0.05) is 12.0 Å². The molecule has 0 aromatic heterocycles. The molecule has 2 atom stereocenters. The number of hydrogen-bond acceptors (Lipinski definition) is 2. The van der Waals surface area contributed by atoms with Crippen LogP contribution < -0.4 is 10.1 Å². The van der Waals surface area contributed by atoms with Gasteiger partial charge in [-0.3, -0.25) is 4.79 Å². The molecule has 1 aliphatic heterocycles. The number of benzene rings is 1. The molecule has 1 aliphatic rings. The van der Waals surface area contributed by atoms with E-state index in [2.05, 4.69) is 21.2 Å². The molecule has 0 fully saturated rings. The third-order valence-electron chi connectivity index (χ3n) is 3.33. The minimum atomic E-state index is -0.236. The zero-order valence-corrected chi connectivity index (χ0v) is 14.2. The fourth-order valence-corrected chi connectivity index (χ4v) is 2.54. The van der Waals surface area contributed by atoms with Crippen LogP contribution in [0.1, 0.15) is 38.8 Å². The molecule has 2 rings (SSSR count). The van der Waals surface area contributed by atoms with Gasteiger partial charge in [0.15, 0.2) is 0 Å². The van der Waals surface area contributed by atoms with Gasteiger partial charge in [-0.2, -0.15) is 0 Å². The van der Waals surface area contributed by atoms with Crippen LogP contribution >= 0.6 is 27.5 Å². The Morgan fingerprint density at radius 2 is 2.20 bits per heavy atom. The highest BCUT2D eigenvalue weighted by atomic mass is 79.9. The van der Waals surface area contributed by atoms with E-state index in [0.717, 1.165) is 12.0 Å². The summed E-state index contributed by atoms with van der Waals surface area (Å²) in [6, 6.07) is 5.58. The molecule has 1 N–H and O–H groups in total. The minimum Gasteiger partial charge on any atom is -0.492 e. The number of fused-ring (bicyclic) bond motifs is 1. The van der Waals surface area contributed by atoms with Gasteiger partial charge in [0.25, 0.3) is 0 Å². The lowest BCUT2D eigenvalue weighted by molar-refractivity contribution is -0.122. The van der Waals surface area contributed by atoms with Gasteiger partial charge in [0.05, 0.1) is 22.5 Å². The Morgan fingerprint density at radius 1 is 1.50 bits per heavy atom. The Kier molecular flexibility index (Phi) is 4.65. The second-order valence-electron chi connectivity index (χ2n) is 6.09. The van der Waals surface area contributed by atoms with Crippen molar-refractivity contribution in [1.29, 1.82) is 0 Å².